The van der Waals surface area contributed by atoms with Gasteiger partial charge in [0.25, 0.3) is 5.56 Å². The molecular weight excluding hydrogens is 302 g/mol. The molecule has 3 heterocycles. The van der Waals surface area contributed by atoms with Crippen molar-refractivity contribution in [3.05, 3.63) is 71.3 Å². The number of aromatic nitrogens is 3. The van der Waals surface area contributed by atoms with Gasteiger partial charge in [-0.25, -0.2) is 9.97 Å². The molecule has 0 aliphatic carbocycles. The molecule has 5 heteroatoms. The van der Waals surface area contributed by atoms with E-state index in [9.17, 15) is 4.79 Å². The van der Waals surface area contributed by atoms with Crippen LogP contribution in [0.2, 0.25) is 0 Å². The molecule has 0 spiro atoms. The molecule has 0 saturated heterocycles. The molecule has 0 atom stereocenters. The van der Waals surface area contributed by atoms with Gasteiger partial charge in [-0.1, -0.05) is 18.2 Å². The quantitative estimate of drug-likeness (QED) is 0.544. The zero-order chi connectivity index (χ0) is 16.5. The van der Waals surface area contributed by atoms with Gasteiger partial charge < -0.3 is 4.74 Å². The van der Waals surface area contributed by atoms with E-state index in [0.717, 1.165) is 16.9 Å². The first-order valence-electron chi connectivity index (χ1n) is 7.76. The summed E-state index contributed by atoms with van der Waals surface area (Å²) in [7, 11) is 0. The van der Waals surface area contributed by atoms with E-state index in [4.69, 9.17) is 4.74 Å². The number of ether oxygens (including phenoxy) is 1. The van der Waals surface area contributed by atoms with Crippen molar-refractivity contribution >= 4 is 16.7 Å². The summed E-state index contributed by atoms with van der Waals surface area (Å²) in [5.41, 5.74) is 2.79. The second-order valence-corrected chi connectivity index (χ2v) is 5.40. The van der Waals surface area contributed by atoms with Gasteiger partial charge in [0.05, 0.1) is 12.0 Å². The van der Waals surface area contributed by atoms with Gasteiger partial charge in [-0.2, -0.15) is 0 Å². The third-order valence-corrected chi connectivity index (χ3v) is 3.87. The average molecular weight is 317 g/mol. The molecule has 0 saturated carbocycles. The normalized spacial score (nSPS) is 11.0. The van der Waals surface area contributed by atoms with Crippen molar-refractivity contribution in [3.8, 4) is 16.9 Å². The summed E-state index contributed by atoms with van der Waals surface area (Å²) in [5.74, 6) is 0.822. The Kier molecular flexibility index (Phi) is 3.46. The van der Waals surface area contributed by atoms with Crippen molar-refractivity contribution in [2.24, 2.45) is 0 Å². The summed E-state index contributed by atoms with van der Waals surface area (Å²) >= 11 is 0. The fraction of sp³-hybridized carbons (Fsp3) is 0.105. The van der Waals surface area contributed by atoms with Crippen LogP contribution in [0.15, 0.2) is 65.7 Å². The fourth-order valence-corrected chi connectivity index (χ4v) is 2.71. The maximum Gasteiger partial charge on any atom is 0.267 e. The Hall–Kier alpha value is -3.21. The first-order chi connectivity index (χ1) is 11.8. The smallest absolute Gasteiger partial charge is 0.267 e. The minimum atomic E-state index is -0.115. The van der Waals surface area contributed by atoms with E-state index in [1.165, 1.54) is 4.40 Å². The first kappa shape index (κ1) is 14.4. The van der Waals surface area contributed by atoms with E-state index >= 15 is 0 Å². The standard InChI is InChI=1S/C19H15N3O2/c1-2-24-15-8-6-13(7-9-15)14-11-16-18(20-12-14)21-17-5-3-4-10-22(17)19(16)23/h3-12H,2H2,1H3. The summed E-state index contributed by atoms with van der Waals surface area (Å²) in [4.78, 5) is 21.5. The topological polar surface area (TPSA) is 56.5 Å². The number of hydrogen-bond acceptors (Lipinski definition) is 4. The molecule has 1 aromatic carbocycles. The van der Waals surface area contributed by atoms with Gasteiger partial charge in [-0.3, -0.25) is 9.20 Å². The number of fused-ring (bicyclic) bond motifs is 2. The molecular formula is C19H15N3O2. The van der Waals surface area contributed by atoms with Crippen LogP contribution in [0, 0.1) is 0 Å². The van der Waals surface area contributed by atoms with Crippen LogP contribution in [0.3, 0.4) is 0 Å². The van der Waals surface area contributed by atoms with Crippen molar-refractivity contribution in [2.75, 3.05) is 6.61 Å². The van der Waals surface area contributed by atoms with Gasteiger partial charge in [0, 0.05) is 18.0 Å². The van der Waals surface area contributed by atoms with E-state index in [1.54, 1.807) is 18.5 Å². The molecule has 4 rings (SSSR count). The van der Waals surface area contributed by atoms with Crippen LogP contribution < -0.4 is 10.3 Å². The van der Waals surface area contributed by atoms with Crippen molar-refractivity contribution in [1.82, 2.24) is 14.4 Å². The van der Waals surface area contributed by atoms with Crippen LogP contribution in [0.1, 0.15) is 6.92 Å². The Bertz CT molecular complexity index is 1090. The molecule has 118 valence electrons. The Morgan fingerprint density at radius 1 is 1.08 bits per heavy atom. The molecule has 0 bridgehead atoms. The molecule has 0 radical (unpaired) electrons. The van der Waals surface area contributed by atoms with Crippen molar-refractivity contribution in [3.63, 3.8) is 0 Å². The van der Waals surface area contributed by atoms with Crippen LogP contribution in [0.25, 0.3) is 27.8 Å². The van der Waals surface area contributed by atoms with E-state index in [1.807, 2.05) is 49.4 Å². The summed E-state index contributed by atoms with van der Waals surface area (Å²) in [5, 5.41) is 0.505. The van der Waals surface area contributed by atoms with E-state index in [2.05, 4.69) is 9.97 Å². The monoisotopic (exact) mass is 317 g/mol. The average Bonchev–Trinajstić information content (AvgIpc) is 2.63. The number of benzene rings is 1. The predicted octanol–water partition coefficient (Wildman–Crippen LogP) is 3.31. The summed E-state index contributed by atoms with van der Waals surface area (Å²) in [6.07, 6.45) is 3.46. The molecule has 0 N–H and O–H groups in total. The van der Waals surface area contributed by atoms with Crippen LogP contribution >= 0.6 is 0 Å². The Labute approximate surface area is 138 Å². The van der Waals surface area contributed by atoms with Gasteiger partial charge >= 0.3 is 0 Å². The van der Waals surface area contributed by atoms with Crippen molar-refractivity contribution in [2.45, 2.75) is 6.92 Å². The minimum absolute atomic E-state index is 0.115. The number of rotatable bonds is 3. The van der Waals surface area contributed by atoms with Gasteiger partial charge in [0.2, 0.25) is 0 Å². The maximum absolute atomic E-state index is 12.7. The molecule has 0 aliphatic heterocycles. The highest BCUT2D eigenvalue weighted by Gasteiger charge is 2.08. The Balaban J connectivity index is 1.87. The highest BCUT2D eigenvalue weighted by molar-refractivity contribution is 5.81. The largest absolute Gasteiger partial charge is 0.494 e. The van der Waals surface area contributed by atoms with Gasteiger partial charge in [0.15, 0.2) is 5.65 Å². The molecule has 0 aliphatic rings. The third-order valence-electron chi connectivity index (χ3n) is 3.87. The number of hydrogen-bond donors (Lipinski definition) is 0. The molecule has 5 nitrogen and oxygen atoms in total. The lowest BCUT2D eigenvalue weighted by Crippen LogP contribution is -2.15. The number of pyridine rings is 2. The zero-order valence-electron chi connectivity index (χ0n) is 13.1. The first-order valence-corrected chi connectivity index (χ1v) is 7.76. The Morgan fingerprint density at radius 2 is 1.92 bits per heavy atom. The van der Waals surface area contributed by atoms with Crippen LogP contribution in [0.4, 0.5) is 0 Å². The van der Waals surface area contributed by atoms with E-state index in [-0.39, 0.29) is 5.56 Å². The zero-order valence-corrected chi connectivity index (χ0v) is 13.1. The maximum atomic E-state index is 12.7. The van der Waals surface area contributed by atoms with Gasteiger partial charge in [-0.15, -0.1) is 0 Å². The second kappa shape index (κ2) is 5.77. The fourth-order valence-electron chi connectivity index (χ4n) is 2.71. The van der Waals surface area contributed by atoms with E-state index < -0.39 is 0 Å². The van der Waals surface area contributed by atoms with Gasteiger partial charge in [0.1, 0.15) is 11.4 Å². The van der Waals surface area contributed by atoms with Crippen molar-refractivity contribution in [1.29, 1.82) is 0 Å². The number of nitrogens with zero attached hydrogens (tertiary/aromatic N) is 3. The Morgan fingerprint density at radius 3 is 2.71 bits per heavy atom. The van der Waals surface area contributed by atoms with Gasteiger partial charge in [-0.05, 0) is 42.8 Å². The lowest BCUT2D eigenvalue weighted by atomic mass is 10.1. The molecule has 4 aromatic rings. The predicted molar refractivity (Wildman–Crippen MR) is 93.4 cm³/mol. The second-order valence-electron chi connectivity index (χ2n) is 5.40. The van der Waals surface area contributed by atoms with Crippen molar-refractivity contribution < 1.29 is 4.74 Å². The van der Waals surface area contributed by atoms with E-state index in [0.29, 0.717) is 23.3 Å². The lowest BCUT2D eigenvalue weighted by Gasteiger charge is -2.07. The van der Waals surface area contributed by atoms with Crippen LogP contribution in [-0.4, -0.2) is 21.0 Å². The van der Waals surface area contributed by atoms with Crippen LogP contribution in [0.5, 0.6) is 5.75 Å². The summed E-state index contributed by atoms with van der Waals surface area (Å²) in [6.45, 7) is 2.58. The van der Waals surface area contributed by atoms with Crippen LogP contribution in [-0.2, 0) is 0 Å². The SMILES string of the molecule is CCOc1ccc(-c2cnc3nc4ccccn4c(=O)c3c2)cc1. The highest BCUT2D eigenvalue weighted by atomic mass is 16.5. The lowest BCUT2D eigenvalue weighted by molar-refractivity contribution is 0.340. The third kappa shape index (κ3) is 2.40. The molecule has 3 aromatic heterocycles. The molecule has 0 fully saturated rings. The molecule has 24 heavy (non-hydrogen) atoms. The summed E-state index contributed by atoms with van der Waals surface area (Å²) in [6, 6.07) is 15.0. The molecule has 0 unspecified atom stereocenters. The summed E-state index contributed by atoms with van der Waals surface area (Å²) < 4.78 is 6.99. The minimum Gasteiger partial charge on any atom is -0.494 e. The molecule has 0 amide bonds. The highest BCUT2D eigenvalue weighted by Crippen LogP contribution is 2.23.